The molecule has 0 spiro atoms. The van der Waals surface area contributed by atoms with Crippen LogP contribution < -0.4 is 5.73 Å². The number of nitrogens with two attached hydrogens (primary N) is 1. The van der Waals surface area contributed by atoms with Gasteiger partial charge in [-0.1, -0.05) is 0 Å². The van der Waals surface area contributed by atoms with Gasteiger partial charge in [0.25, 0.3) is 0 Å². The molecule has 18 heteroatoms. The van der Waals surface area contributed by atoms with E-state index in [2.05, 4.69) is 0 Å². The fourth-order valence-electron chi connectivity index (χ4n) is 1.12. The Hall–Kier alpha value is 1.19. The van der Waals surface area contributed by atoms with Gasteiger partial charge in [0.2, 0.25) is 0 Å². The van der Waals surface area contributed by atoms with E-state index in [4.69, 9.17) is 36.4 Å². The molecule has 0 bridgehead atoms. The summed E-state index contributed by atoms with van der Waals surface area (Å²) >= 11 is 0. The number of hydrogen-bond acceptors (Lipinski definition) is 7. The molecule has 0 aliphatic carbocycles. The standard InChI is InChI=1S/C6H8O7.C5H9NO4.4Na.2H2O.4H/c7-3(8)1-6(13,5(11)12)2-4(9)10;6-3(5(9)10)1-2-4(7)8;;;;;;;;;;/h13H,1-2H2,(H,7,8)(H,9,10)(H,11,12);3H,1-2,6H2,(H,7,8)(H,9,10);;;;;2*1H2;;;;/t;3-;;;;;;;;;;/m.0........../s1. The minimum absolute atomic E-state index is 0. The molecule has 29 heavy (non-hydrogen) atoms. The van der Waals surface area contributed by atoms with Crippen molar-refractivity contribution in [3.63, 3.8) is 0 Å². The summed E-state index contributed by atoms with van der Waals surface area (Å²) in [6, 6.07) is -1.06. The van der Waals surface area contributed by atoms with E-state index in [1.165, 1.54) is 0 Å². The molecular weight excluding hydrogens is 446 g/mol. The number of carbonyl (C=O) groups is 5. The van der Waals surface area contributed by atoms with Gasteiger partial charge >= 0.3 is 148 Å². The SMILES string of the molecule is N[C@@H](CCC(=O)O)C(=O)O.O.O.O=C(O)CC(O)(CC(=O)O)C(=O)O.[NaH].[NaH].[NaH].[NaH]. The summed E-state index contributed by atoms with van der Waals surface area (Å²) in [7, 11) is 0. The van der Waals surface area contributed by atoms with E-state index in [1.54, 1.807) is 0 Å². The second kappa shape index (κ2) is 27.2. The van der Waals surface area contributed by atoms with Crippen LogP contribution in [0.2, 0.25) is 0 Å². The number of carboxylic acid groups (broad SMARTS) is 5. The van der Waals surface area contributed by atoms with Crippen molar-refractivity contribution in [2.24, 2.45) is 5.73 Å². The topological polar surface area (TPSA) is 296 Å². The Morgan fingerprint density at radius 3 is 1.21 bits per heavy atom. The van der Waals surface area contributed by atoms with E-state index in [0.717, 1.165) is 0 Å². The van der Waals surface area contributed by atoms with Gasteiger partial charge in [-0.3, -0.25) is 19.2 Å². The normalized spacial score (nSPS) is 9.17. The van der Waals surface area contributed by atoms with Crippen molar-refractivity contribution in [3.8, 4) is 0 Å². The van der Waals surface area contributed by atoms with Crippen LogP contribution in [0.15, 0.2) is 0 Å². The Morgan fingerprint density at radius 2 is 1.03 bits per heavy atom. The Morgan fingerprint density at radius 1 is 0.724 bits per heavy atom. The molecule has 0 radical (unpaired) electrons. The average Bonchev–Trinajstić information content (AvgIpc) is 2.34. The van der Waals surface area contributed by atoms with Gasteiger partial charge in [-0.2, -0.15) is 0 Å². The summed E-state index contributed by atoms with van der Waals surface area (Å²) < 4.78 is 0. The van der Waals surface area contributed by atoms with Crippen LogP contribution in [0.1, 0.15) is 25.7 Å². The molecule has 12 N–H and O–H groups in total. The molecule has 0 saturated heterocycles. The van der Waals surface area contributed by atoms with Gasteiger partial charge in [-0.15, -0.1) is 0 Å². The van der Waals surface area contributed by atoms with Gasteiger partial charge < -0.3 is 47.3 Å². The van der Waals surface area contributed by atoms with E-state index in [0.29, 0.717) is 0 Å². The first-order valence-electron chi connectivity index (χ1n) is 5.91. The van der Waals surface area contributed by atoms with E-state index in [1.807, 2.05) is 0 Å². The van der Waals surface area contributed by atoms with Gasteiger partial charge in [0.05, 0.1) is 12.8 Å². The molecule has 1 atom stereocenters. The monoisotopic (exact) mass is 471 g/mol. The third-order valence-electron chi connectivity index (χ3n) is 2.27. The second-order valence-electron chi connectivity index (χ2n) is 4.35. The van der Waals surface area contributed by atoms with E-state index in [-0.39, 0.29) is 142 Å². The van der Waals surface area contributed by atoms with E-state index >= 15 is 0 Å². The zero-order valence-electron chi connectivity index (χ0n) is 12.7. The van der Waals surface area contributed by atoms with Crippen LogP contribution in [0.3, 0.4) is 0 Å². The van der Waals surface area contributed by atoms with Crippen molar-refractivity contribution in [1.29, 1.82) is 0 Å². The predicted octanol–water partition coefficient (Wildman–Crippen LogP) is -6.23. The quantitative estimate of drug-likeness (QED) is 0.154. The minimum atomic E-state index is -2.74. The zero-order chi connectivity index (χ0) is 18.8. The maximum atomic E-state index is 10.3. The van der Waals surface area contributed by atoms with Crippen LogP contribution in [0.25, 0.3) is 0 Å². The molecule has 0 saturated carbocycles. The molecule has 0 aromatic heterocycles. The zero-order valence-corrected chi connectivity index (χ0v) is 12.7. The fourth-order valence-corrected chi connectivity index (χ4v) is 1.12. The number of rotatable bonds is 9. The molecule has 0 rings (SSSR count). The van der Waals surface area contributed by atoms with Crippen LogP contribution in [-0.2, 0) is 24.0 Å². The molecule has 0 aliphatic heterocycles. The molecule has 0 aromatic carbocycles. The van der Waals surface area contributed by atoms with Crippen LogP contribution >= 0.6 is 0 Å². The van der Waals surface area contributed by atoms with Crippen molar-refractivity contribution in [2.45, 2.75) is 37.3 Å². The Bertz CT molecular complexity index is 475. The summed E-state index contributed by atoms with van der Waals surface area (Å²) in [4.78, 5) is 50.4. The van der Waals surface area contributed by atoms with Crippen molar-refractivity contribution >= 4 is 148 Å². The molecule has 0 fully saturated rings. The van der Waals surface area contributed by atoms with E-state index in [9.17, 15) is 24.0 Å². The van der Waals surface area contributed by atoms with E-state index < -0.39 is 54.3 Å². The molecular formula is C11H25NNa4O13. The van der Waals surface area contributed by atoms with Crippen LogP contribution in [0.4, 0.5) is 0 Å². The van der Waals surface area contributed by atoms with Crippen molar-refractivity contribution in [2.75, 3.05) is 0 Å². The number of hydrogen-bond donors (Lipinski definition) is 7. The number of aliphatic carboxylic acids is 5. The first-order valence-corrected chi connectivity index (χ1v) is 5.91. The Labute approximate surface area is 253 Å². The molecule has 0 aromatic rings. The van der Waals surface area contributed by atoms with Gasteiger partial charge in [0, 0.05) is 6.42 Å². The summed E-state index contributed by atoms with van der Waals surface area (Å²) in [6.07, 6.45) is -2.51. The van der Waals surface area contributed by atoms with Gasteiger partial charge in [-0.25, -0.2) is 4.79 Å². The van der Waals surface area contributed by atoms with Gasteiger partial charge in [-0.05, 0) is 6.42 Å². The molecule has 0 aliphatic rings. The first-order chi connectivity index (χ1) is 10.3. The average molecular weight is 471 g/mol. The van der Waals surface area contributed by atoms with Crippen LogP contribution in [-0.4, -0.2) is 201 Å². The predicted molar refractivity (Wildman–Crippen MR) is 105 cm³/mol. The first kappa shape index (κ1) is 52.2. The Balaban J connectivity index is -0.0000000428. The molecule has 156 valence electrons. The number of carboxylic acids is 5. The van der Waals surface area contributed by atoms with Gasteiger partial charge in [0.1, 0.15) is 6.04 Å². The van der Waals surface area contributed by atoms with Crippen molar-refractivity contribution < 1.29 is 65.6 Å². The molecule has 0 heterocycles. The second-order valence-corrected chi connectivity index (χ2v) is 4.35. The third-order valence-corrected chi connectivity index (χ3v) is 2.27. The number of aliphatic hydroxyl groups is 1. The van der Waals surface area contributed by atoms with Crippen LogP contribution in [0.5, 0.6) is 0 Å². The van der Waals surface area contributed by atoms with Crippen molar-refractivity contribution in [3.05, 3.63) is 0 Å². The summed E-state index contributed by atoms with van der Waals surface area (Å²) in [5, 5.41) is 50.1. The molecule has 0 unspecified atom stereocenters. The van der Waals surface area contributed by atoms with Crippen molar-refractivity contribution in [1.82, 2.24) is 0 Å². The summed E-state index contributed by atoms with van der Waals surface area (Å²) in [5.41, 5.74) is 2.26. The fraction of sp³-hybridized carbons (Fsp3) is 0.545. The third kappa shape index (κ3) is 31.5. The molecule has 0 amide bonds. The summed E-state index contributed by atoms with van der Waals surface area (Å²) in [6.45, 7) is 0. The molecule has 14 nitrogen and oxygen atoms in total. The Kier molecular flexibility index (Phi) is 49.0. The maximum absolute atomic E-state index is 10.3. The van der Waals surface area contributed by atoms with Crippen LogP contribution in [0, 0.1) is 0 Å². The van der Waals surface area contributed by atoms with Gasteiger partial charge in [0.15, 0.2) is 5.60 Å². The summed E-state index contributed by atoms with van der Waals surface area (Å²) in [5.74, 6) is -7.22.